The number of aliphatic hydroxyl groups is 4. The first-order valence-corrected chi connectivity index (χ1v) is 21.7. The number of aliphatic hydroxyl groups excluding tert-OH is 3. The number of ether oxygens (including phenoxy) is 7. The van der Waals surface area contributed by atoms with Gasteiger partial charge < -0.3 is 58.7 Å². The van der Waals surface area contributed by atoms with Gasteiger partial charge >= 0.3 is 5.97 Å². The Morgan fingerprint density at radius 1 is 1.00 bits per heavy atom. The molecule has 5 N–H and O–H groups in total. The van der Waals surface area contributed by atoms with Crippen molar-refractivity contribution in [3.63, 3.8) is 0 Å². The number of hydrogen-bond donors (Lipinski definition) is 5. The Labute approximate surface area is 337 Å². The van der Waals surface area contributed by atoms with Crippen LogP contribution in [0.3, 0.4) is 0 Å². The van der Waals surface area contributed by atoms with Crippen LogP contribution in [0.2, 0.25) is 0 Å². The van der Waals surface area contributed by atoms with Crippen LogP contribution in [0, 0.1) is 17.8 Å². The third-order valence-electron chi connectivity index (χ3n) is 14.1. The molecule has 13 heteroatoms. The molecule has 322 valence electrons. The number of aliphatic carboxylic acids is 1. The van der Waals surface area contributed by atoms with Crippen LogP contribution in [0.1, 0.15) is 125 Å². The molecule has 0 aromatic carbocycles. The predicted octanol–water partition coefficient (Wildman–Crippen LogP) is 5.21. The summed E-state index contributed by atoms with van der Waals surface area (Å²) in [6, 6.07) is 0. The van der Waals surface area contributed by atoms with E-state index < -0.39 is 71.7 Å². The highest BCUT2D eigenvalue weighted by Crippen LogP contribution is 2.47. The van der Waals surface area contributed by atoms with Gasteiger partial charge in [0.05, 0.1) is 43.2 Å². The summed E-state index contributed by atoms with van der Waals surface area (Å²) in [5.41, 5.74) is -0.550. The standard InChI is InChI=1S/C44H68O13/c1-25-21-35(56-44(23-25)36(46)14-13-31(54-44)24-41(6,50)40(48)49)26(2)11-12-30-15-18-42(53-30)19-16-34-39(57-42)37(47)29(5)38(52-34)32(45)22-27(3)33-10-7-17-43(55-33)28(4)9-8-20-51-43/h11-12,23,26-28,30-39,45-47,50H,5,7-10,13-22,24H2,1-4,6H3,(H,48,49)/b12-11+/t26-,27+,28-,30+,31+,32+,33+,34-,35+,36-,37-,38+,39?,41-,42-,43-,44-/m1/s1. The molecule has 0 aromatic heterocycles. The van der Waals surface area contributed by atoms with E-state index >= 15 is 0 Å². The maximum absolute atomic E-state index is 11.6. The lowest BCUT2D eigenvalue weighted by Crippen LogP contribution is -2.60. The maximum atomic E-state index is 11.6. The quantitative estimate of drug-likeness (QED) is 0.182. The third kappa shape index (κ3) is 9.00. The second-order valence-corrected chi connectivity index (χ2v) is 18.8. The maximum Gasteiger partial charge on any atom is 0.335 e. The highest BCUT2D eigenvalue weighted by Gasteiger charge is 2.55. The van der Waals surface area contributed by atoms with E-state index in [1.807, 2.05) is 19.9 Å². The Balaban J connectivity index is 0.916. The van der Waals surface area contributed by atoms with E-state index in [0.29, 0.717) is 56.4 Å². The molecule has 1 unspecified atom stereocenters. The Kier molecular flexibility index (Phi) is 12.9. The van der Waals surface area contributed by atoms with Crippen molar-refractivity contribution in [1.82, 2.24) is 0 Å². The van der Waals surface area contributed by atoms with Gasteiger partial charge in [0.1, 0.15) is 24.4 Å². The van der Waals surface area contributed by atoms with Crippen molar-refractivity contribution in [1.29, 1.82) is 0 Å². The largest absolute Gasteiger partial charge is 0.479 e. The van der Waals surface area contributed by atoms with Crippen LogP contribution in [-0.2, 0) is 38.0 Å². The van der Waals surface area contributed by atoms with Crippen molar-refractivity contribution in [3.05, 3.63) is 36.0 Å². The van der Waals surface area contributed by atoms with Gasteiger partial charge in [-0.3, -0.25) is 0 Å². The van der Waals surface area contributed by atoms with Crippen LogP contribution >= 0.6 is 0 Å². The zero-order valence-electron chi connectivity index (χ0n) is 34.6. The molecular weight excluding hydrogens is 736 g/mol. The second-order valence-electron chi connectivity index (χ2n) is 18.8. The fourth-order valence-electron chi connectivity index (χ4n) is 10.5. The van der Waals surface area contributed by atoms with Gasteiger partial charge in [0.15, 0.2) is 17.2 Å². The Hall–Kier alpha value is -1.75. The summed E-state index contributed by atoms with van der Waals surface area (Å²) in [7, 11) is 0. The van der Waals surface area contributed by atoms with Gasteiger partial charge in [0.2, 0.25) is 5.79 Å². The molecule has 7 heterocycles. The summed E-state index contributed by atoms with van der Waals surface area (Å²) < 4.78 is 45.3. The van der Waals surface area contributed by atoms with E-state index in [-0.39, 0.29) is 36.6 Å². The lowest BCUT2D eigenvalue weighted by Gasteiger charge is -2.50. The van der Waals surface area contributed by atoms with Crippen LogP contribution in [0.15, 0.2) is 36.0 Å². The number of carboxylic acids is 1. The highest BCUT2D eigenvalue weighted by atomic mass is 16.7. The molecule has 0 aliphatic carbocycles. The van der Waals surface area contributed by atoms with E-state index in [4.69, 9.17) is 33.2 Å². The van der Waals surface area contributed by atoms with Gasteiger partial charge in [0, 0.05) is 37.5 Å². The minimum absolute atomic E-state index is 0.0262. The van der Waals surface area contributed by atoms with Crippen molar-refractivity contribution >= 4 is 5.97 Å². The monoisotopic (exact) mass is 804 g/mol. The van der Waals surface area contributed by atoms with Crippen LogP contribution in [-0.4, -0.2) is 122 Å². The first kappa shape index (κ1) is 43.3. The molecule has 0 aromatic rings. The average Bonchev–Trinajstić information content (AvgIpc) is 3.56. The van der Waals surface area contributed by atoms with Crippen LogP contribution < -0.4 is 0 Å². The van der Waals surface area contributed by atoms with Crippen molar-refractivity contribution in [3.8, 4) is 0 Å². The normalized spacial score (nSPS) is 45.4. The molecule has 7 rings (SSSR count). The number of carboxylic acid groups (broad SMARTS) is 1. The Morgan fingerprint density at radius 2 is 1.77 bits per heavy atom. The summed E-state index contributed by atoms with van der Waals surface area (Å²) in [5, 5.41) is 54.0. The SMILES string of the molecule is C=C1[C@@H](O)C2O[C@]3(CC[C@H](/C=C/[C@@H](C)[C@@H]4CC(C)=C[C@@]5(O[C@H](C[C@@](C)(O)C(=O)O)CC[C@H]5O)O4)O3)CC[C@H]2O[C@@H]1[C@@H](O)C[C@H](C)[C@@H]1CCC[C@@]2(OCCC[C@H]2C)O1. The Morgan fingerprint density at radius 3 is 2.53 bits per heavy atom. The molecule has 17 atom stereocenters. The molecule has 0 bridgehead atoms. The molecule has 7 aliphatic rings. The molecular formula is C44H68O13. The van der Waals surface area contributed by atoms with Gasteiger partial charge in [-0.15, -0.1) is 0 Å². The zero-order chi connectivity index (χ0) is 40.9. The van der Waals surface area contributed by atoms with Crippen molar-refractivity contribution in [2.24, 2.45) is 17.8 Å². The van der Waals surface area contributed by atoms with E-state index in [0.717, 1.165) is 50.7 Å². The average molecular weight is 805 g/mol. The molecule has 0 radical (unpaired) electrons. The van der Waals surface area contributed by atoms with E-state index in [1.54, 1.807) is 6.08 Å². The predicted molar refractivity (Wildman–Crippen MR) is 208 cm³/mol. The van der Waals surface area contributed by atoms with E-state index in [2.05, 4.69) is 26.5 Å². The van der Waals surface area contributed by atoms with Gasteiger partial charge in [-0.05, 0) is 95.6 Å². The van der Waals surface area contributed by atoms with Crippen LogP contribution in [0.25, 0.3) is 0 Å². The van der Waals surface area contributed by atoms with Gasteiger partial charge in [-0.25, -0.2) is 4.79 Å². The third-order valence-corrected chi connectivity index (χ3v) is 14.1. The van der Waals surface area contributed by atoms with Crippen molar-refractivity contribution < 1.29 is 63.5 Å². The minimum Gasteiger partial charge on any atom is -0.479 e. The summed E-state index contributed by atoms with van der Waals surface area (Å²) in [4.78, 5) is 11.6. The molecule has 6 saturated heterocycles. The fourth-order valence-corrected chi connectivity index (χ4v) is 10.5. The van der Waals surface area contributed by atoms with Gasteiger partial charge in [-0.2, -0.15) is 0 Å². The first-order chi connectivity index (χ1) is 26.9. The molecule has 13 nitrogen and oxygen atoms in total. The smallest absolute Gasteiger partial charge is 0.335 e. The van der Waals surface area contributed by atoms with Gasteiger partial charge in [-0.1, -0.05) is 45.1 Å². The first-order valence-electron chi connectivity index (χ1n) is 21.7. The summed E-state index contributed by atoms with van der Waals surface area (Å²) in [6.07, 6.45) is 9.41. The Bertz CT molecular complexity index is 1510. The number of rotatable bonds is 10. The minimum atomic E-state index is -1.96. The molecule has 6 fully saturated rings. The highest BCUT2D eigenvalue weighted by molar-refractivity contribution is 5.76. The molecule has 3 spiro atoms. The number of hydrogen-bond acceptors (Lipinski definition) is 12. The number of fused-ring (bicyclic) bond motifs is 1. The lowest BCUT2D eigenvalue weighted by atomic mass is 9.81. The van der Waals surface area contributed by atoms with E-state index in [1.165, 1.54) is 6.92 Å². The van der Waals surface area contributed by atoms with Crippen LogP contribution in [0.4, 0.5) is 0 Å². The molecule has 57 heavy (non-hydrogen) atoms. The summed E-state index contributed by atoms with van der Waals surface area (Å²) in [6.45, 7) is 14.5. The van der Waals surface area contributed by atoms with Crippen molar-refractivity contribution in [2.75, 3.05) is 6.61 Å². The fraction of sp³-hybridized carbons (Fsp3) is 0.841. The molecule has 7 aliphatic heterocycles. The zero-order valence-corrected chi connectivity index (χ0v) is 34.6. The molecule has 0 saturated carbocycles. The van der Waals surface area contributed by atoms with Crippen molar-refractivity contribution in [2.45, 2.75) is 209 Å². The summed E-state index contributed by atoms with van der Waals surface area (Å²) in [5.74, 6) is -3.83. The lowest BCUT2D eigenvalue weighted by molar-refractivity contribution is -0.326. The summed E-state index contributed by atoms with van der Waals surface area (Å²) >= 11 is 0. The van der Waals surface area contributed by atoms with E-state index in [9.17, 15) is 30.3 Å². The van der Waals surface area contributed by atoms with Crippen LogP contribution in [0.5, 0.6) is 0 Å². The van der Waals surface area contributed by atoms with Gasteiger partial charge in [0.25, 0.3) is 0 Å². The molecule has 0 amide bonds. The topological polar surface area (TPSA) is 183 Å². The second kappa shape index (κ2) is 17.0. The number of carbonyl (C=O) groups is 1.